The fourth-order valence-corrected chi connectivity index (χ4v) is 6.16. The minimum Gasteiger partial charge on any atom is -0.383 e. The van der Waals surface area contributed by atoms with Crippen LogP contribution >= 0.6 is 15.2 Å². The van der Waals surface area contributed by atoms with E-state index >= 15 is 0 Å². The lowest BCUT2D eigenvalue weighted by atomic mass is 10.1. The van der Waals surface area contributed by atoms with Crippen molar-refractivity contribution >= 4 is 26.4 Å². The van der Waals surface area contributed by atoms with Crippen LogP contribution in [0.25, 0.3) is 11.2 Å². The Kier molecular flexibility index (Phi) is 6.85. The first-order valence-corrected chi connectivity index (χ1v) is 13.6. The van der Waals surface area contributed by atoms with Crippen LogP contribution in [0.4, 0.5) is 0 Å². The van der Waals surface area contributed by atoms with Crippen molar-refractivity contribution in [3.05, 3.63) is 58.9 Å². The standard InChI is InChI=1S/C18H22N4O11P2/c23-14-17(33-12(18(14,25)26)7-32-35(30,31)10-34(27,28)29)22-9-19-13-15(22)20-8-21(16(13)24)6-11-4-2-1-3-5-11/h1-5,8-9,12,14,17,23,25-26H,6-7,10H2,(H,30,31)(H2,27,28,29)/t12-,14+,17-/m1/s1. The van der Waals surface area contributed by atoms with E-state index in [9.17, 15) is 34.1 Å². The predicted octanol–water partition coefficient (Wildman–Crippen LogP) is -1.08. The first-order chi connectivity index (χ1) is 16.3. The van der Waals surface area contributed by atoms with E-state index in [0.29, 0.717) is 0 Å². The molecule has 4 rings (SSSR count). The van der Waals surface area contributed by atoms with Crippen LogP contribution in [0.15, 0.2) is 47.8 Å². The third kappa shape index (κ3) is 5.44. The Morgan fingerprint density at radius 1 is 1.09 bits per heavy atom. The fraction of sp³-hybridized carbons (Fsp3) is 0.389. The Bertz CT molecular complexity index is 1370. The topological polar surface area (TPSA) is 227 Å². The fourth-order valence-electron chi connectivity index (χ4n) is 3.61. The lowest BCUT2D eigenvalue weighted by molar-refractivity contribution is -0.234. The number of hydrogen-bond acceptors (Lipinski definition) is 10. The number of imidazole rings is 1. The first kappa shape index (κ1) is 25.8. The van der Waals surface area contributed by atoms with E-state index in [1.165, 1.54) is 10.9 Å². The number of fused-ring (bicyclic) bond motifs is 1. The lowest BCUT2D eigenvalue weighted by Gasteiger charge is -2.25. The van der Waals surface area contributed by atoms with Crippen LogP contribution in [0.2, 0.25) is 0 Å². The SMILES string of the molecule is O=c1c2ncn([C@@H]3O[C@H](COP(=O)(O)CP(=O)(O)O)C(O)(O)[C@H]3O)c2ncn1Cc1ccccc1. The van der Waals surface area contributed by atoms with Gasteiger partial charge in [-0.25, -0.2) is 9.97 Å². The van der Waals surface area contributed by atoms with Gasteiger partial charge in [0, 0.05) is 0 Å². The maximum absolute atomic E-state index is 12.9. The molecule has 1 saturated heterocycles. The van der Waals surface area contributed by atoms with E-state index in [1.54, 1.807) is 0 Å². The highest BCUT2D eigenvalue weighted by molar-refractivity contribution is 7.70. The van der Waals surface area contributed by atoms with Crippen molar-refractivity contribution in [2.45, 2.75) is 30.8 Å². The van der Waals surface area contributed by atoms with Crippen LogP contribution in [-0.4, -0.2) is 79.6 Å². The van der Waals surface area contributed by atoms with Gasteiger partial charge in [-0.15, -0.1) is 0 Å². The van der Waals surface area contributed by atoms with Crippen molar-refractivity contribution < 1.29 is 48.4 Å². The molecule has 0 amide bonds. The van der Waals surface area contributed by atoms with Crippen LogP contribution in [0.3, 0.4) is 0 Å². The van der Waals surface area contributed by atoms with Gasteiger partial charge < -0.3 is 39.3 Å². The summed E-state index contributed by atoms with van der Waals surface area (Å²) < 4.78 is 35.2. The van der Waals surface area contributed by atoms with Gasteiger partial charge in [-0.1, -0.05) is 30.3 Å². The molecule has 3 heterocycles. The smallest absolute Gasteiger partial charge is 0.340 e. The van der Waals surface area contributed by atoms with E-state index in [4.69, 9.17) is 14.5 Å². The third-order valence-electron chi connectivity index (χ3n) is 5.29. The van der Waals surface area contributed by atoms with Crippen molar-refractivity contribution in [1.82, 2.24) is 19.1 Å². The Hall–Kier alpha value is -2.29. The molecule has 6 N–H and O–H groups in total. The van der Waals surface area contributed by atoms with Gasteiger partial charge in [0.05, 0.1) is 19.5 Å². The molecule has 0 saturated carbocycles. The molecule has 1 unspecified atom stereocenters. The van der Waals surface area contributed by atoms with Crippen LogP contribution in [0.5, 0.6) is 0 Å². The van der Waals surface area contributed by atoms with Gasteiger partial charge in [-0.3, -0.25) is 23.1 Å². The Balaban J connectivity index is 1.57. The maximum Gasteiger partial charge on any atom is 0.340 e. The van der Waals surface area contributed by atoms with Gasteiger partial charge in [-0.05, 0) is 5.56 Å². The highest BCUT2D eigenvalue weighted by Gasteiger charge is 2.56. The van der Waals surface area contributed by atoms with Gasteiger partial charge in [0.15, 0.2) is 29.4 Å². The van der Waals surface area contributed by atoms with E-state index in [2.05, 4.69) is 14.5 Å². The molecule has 190 valence electrons. The average molecular weight is 532 g/mol. The van der Waals surface area contributed by atoms with Crippen molar-refractivity contribution in [2.24, 2.45) is 0 Å². The molecule has 1 aliphatic rings. The number of benzene rings is 1. The number of aliphatic hydroxyl groups is 3. The Labute approximate surface area is 196 Å². The second-order valence-electron chi connectivity index (χ2n) is 7.97. The first-order valence-electron chi connectivity index (χ1n) is 10.0. The molecule has 1 aliphatic heterocycles. The molecule has 0 aliphatic carbocycles. The van der Waals surface area contributed by atoms with Crippen molar-refractivity contribution in [2.75, 3.05) is 12.5 Å². The lowest BCUT2D eigenvalue weighted by Crippen LogP contribution is -2.49. The van der Waals surface area contributed by atoms with Gasteiger partial charge in [0.25, 0.3) is 5.56 Å². The monoisotopic (exact) mass is 532 g/mol. The molecule has 0 spiro atoms. The summed E-state index contributed by atoms with van der Waals surface area (Å²) in [6, 6.07) is 9.12. The zero-order valence-electron chi connectivity index (χ0n) is 17.8. The number of nitrogens with zero attached hydrogens (tertiary/aromatic N) is 4. The van der Waals surface area contributed by atoms with Crippen molar-refractivity contribution in [3.63, 3.8) is 0 Å². The van der Waals surface area contributed by atoms with Crippen LogP contribution in [-0.2, 0) is 24.9 Å². The quantitative estimate of drug-likeness (QED) is 0.150. The minimum absolute atomic E-state index is 0.0324. The number of rotatable bonds is 8. The van der Waals surface area contributed by atoms with Crippen molar-refractivity contribution in [3.8, 4) is 0 Å². The molecule has 15 nitrogen and oxygen atoms in total. The van der Waals surface area contributed by atoms with Crippen LogP contribution < -0.4 is 5.56 Å². The third-order valence-corrected chi connectivity index (χ3v) is 8.75. The summed E-state index contributed by atoms with van der Waals surface area (Å²) in [6.45, 7) is -0.776. The molecule has 17 heteroatoms. The molecular weight excluding hydrogens is 510 g/mol. The Morgan fingerprint density at radius 2 is 1.77 bits per heavy atom. The number of ether oxygens (including phenoxy) is 1. The zero-order valence-corrected chi connectivity index (χ0v) is 19.6. The second-order valence-corrected chi connectivity index (χ2v) is 12.0. The zero-order chi connectivity index (χ0) is 25.6. The molecule has 2 aromatic heterocycles. The largest absolute Gasteiger partial charge is 0.383 e. The molecule has 0 bridgehead atoms. The summed E-state index contributed by atoms with van der Waals surface area (Å²) in [5, 5.41) is 31.1. The highest BCUT2D eigenvalue weighted by atomic mass is 31.2. The van der Waals surface area contributed by atoms with E-state index in [1.807, 2.05) is 30.3 Å². The van der Waals surface area contributed by atoms with Gasteiger partial charge in [0.2, 0.25) is 5.79 Å². The van der Waals surface area contributed by atoms with Gasteiger partial charge in [0.1, 0.15) is 12.4 Å². The molecule has 4 atom stereocenters. The number of aromatic nitrogens is 4. The summed E-state index contributed by atoms with van der Waals surface area (Å²) in [5.41, 5.74) is 0.234. The highest BCUT2D eigenvalue weighted by Crippen LogP contribution is 2.55. The minimum atomic E-state index is -4.91. The molecule has 0 radical (unpaired) electrons. The van der Waals surface area contributed by atoms with Crippen LogP contribution in [0, 0.1) is 0 Å². The number of aliphatic hydroxyl groups excluding tert-OH is 1. The molecule has 35 heavy (non-hydrogen) atoms. The Morgan fingerprint density at radius 3 is 2.43 bits per heavy atom. The molecule has 3 aromatic rings. The van der Waals surface area contributed by atoms with E-state index in [0.717, 1.165) is 16.5 Å². The summed E-state index contributed by atoms with van der Waals surface area (Å²) in [6.07, 6.45) is -3.03. The summed E-state index contributed by atoms with van der Waals surface area (Å²) in [4.78, 5) is 48.4. The van der Waals surface area contributed by atoms with Crippen molar-refractivity contribution in [1.29, 1.82) is 0 Å². The van der Waals surface area contributed by atoms with E-state index < -0.39 is 57.5 Å². The maximum atomic E-state index is 12.9. The second kappa shape index (κ2) is 9.30. The van der Waals surface area contributed by atoms with Gasteiger partial charge in [-0.2, -0.15) is 0 Å². The summed E-state index contributed by atoms with van der Waals surface area (Å²) in [7, 11) is -9.73. The van der Waals surface area contributed by atoms with Crippen LogP contribution in [0.1, 0.15) is 11.8 Å². The molecule has 1 fully saturated rings. The summed E-state index contributed by atoms with van der Waals surface area (Å²) in [5.74, 6) is -4.49. The van der Waals surface area contributed by atoms with Gasteiger partial charge >= 0.3 is 15.2 Å². The predicted molar refractivity (Wildman–Crippen MR) is 117 cm³/mol. The normalized spacial score (nSPS) is 24.0. The average Bonchev–Trinajstić information content (AvgIpc) is 3.27. The van der Waals surface area contributed by atoms with E-state index in [-0.39, 0.29) is 17.7 Å². The number of hydrogen-bond donors (Lipinski definition) is 6. The molecular formula is C18H22N4O11P2. The summed E-state index contributed by atoms with van der Waals surface area (Å²) >= 11 is 0. The molecule has 1 aromatic carbocycles.